The topological polar surface area (TPSA) is 43.3 Å². The van der Waals surface area contributed by atoms with Crippen LogP contribution in [0.4, 0.5) is 0 Å². The Balaban J connectivity index is 0.00000320. The lowest BCUT2D eigenvalue weighted by molar-refractivity contribution is 0.132. The van der Waals surface area contributed by atoms with Crippen molar-refractivity contribution in [2.75, 3.05) is 66.1 Å². The minimum absolute atomic E-state index is 0. The third kappa shape index (κ3) is 7.98. The monoisotopic (exact) mass is 529 g/mol. The summed E-state index contributed by atoms with van der Waals surface area (Å²) >= 11 is 0. The molecular formula is C23H40IN5O. The average molecular weight is 530 g/mol. The number of piperazine rings is 1. The van der Waals surface area contributed by atoms with E-state index in [4.69, 9.17) is 9.73 Å². The van der Waals surface area contributed by atoms with Gasteiger partial charge in [-0.2, -0.15) is 0 Å². The molecule has 2 fully saturated rings. The Kier molecular flexibility index (Phi) is 11.4. The maximum absolute atomic E-state index is 5.51. The van der Waals surface area contributed by atoms with Crippen molar-refractivity contribution in [1.29, 1.82) is 0 Å². The third-order valence-corrected chi connectivity index (χ3v) is 6.01. The first-order valence-corrected chi connectivity index (χ1v) is 11.3. The molecule has 1 aromatic rings. The van der Waals surface area contributed by atoms with Gasteiger partial charge in [0.15, 0.2) is 5.96 Å². The fraction of sp³-hybridized carbons (Fsp3) is 0.696. The van der Waals surface area contributed by atoms with E-state index in [1.807, 2.05) is 0 Å². The molecule has 2 saturated heterocycles. The van der Waals surface area contributed by atoms with Gasteiger partial charge in [0.1, 0.15) is 0 Å². The molecule has 0 radical (unpaired) electrons. The fourth-order valence-electron chi connectivity index (χ4n) is 4.11. The zero-order valence-corrected chi connectivity index (χ0v) is 21.3. The fourth-order valence-corrected chi connectivity index (χ4v) is 4.11. The largest absolute Gasteiger partial charge is 0.381 e. The van der Waals surface area contributed by atoms with Crippen molar-refractivity contribution < 1.29 is 4.74 Å². The van der Waals surface area contributed by atoms with Gasteiger partial charge in [-0.05, 0) is 31.0 Å². The van der Waals surface area contributed by atoms with Crippen molar-refractivity contribution in [3.8, 4) is 0 Å². The van der Waals surface area contributed by atoms with Gasteiger partial charge in [0.25, 0.3) is 0 Å². The maximum atomic E-state index is 5.51. The molecule has 2 aliphatic heterocycles. The molecule has 1 N–H and O–H groups in total. The smallest absolute Gasteiger partial charge is 0.193 e. The summed E-state index contributed by atoms with van der Waals surface area (Å²) in [4.78, 5) is 12.2. The van der Waals surface area contributed by atoms with Gasteiger partial charge < -0.3 is 19.9 Å². The normalized spacial score (nSPS) is 20.8. The van der Waals surface area contributed by atoms with Crippen LogP contribution in [-0.4, -0.2) is 86.7 Å². The number of benzene rings is 1. The molecule has 1 atom stereocenters. The summed E-state index contributed by atoms with van der Waals surface area (Å²) in [6.07, 6.45) is 1.15. The number of ether oxygens (including phenoxy) is 1. The number of guanidine groups is 1. The summed E-state index contributed by atoms with van der Waals surface area (Å²) in [6, 6.07) is 9.00. The predicted molar refractivity (Wildman–Crippen MR) is 136 cm³/mol. The van der Waals surface area contributed by atoms with Crippen molar-refractivity contribution in [3.63, 3.8) is 0 Å². The van der Waals surface area contributed by atoms with E-state index in [-0.39, 0.29) is 24.0 Å². The molecule has 1 unspecified atom stereocenters. The van der Waals surface area contributed by atoms with Crippen molar-refractivity contribution in [2.45, 2.75) is 33.4 Å². The molecule has 7 heteroatoms. The standard InChI is InChI=1S/C23H39N5O.HI/c1-4-24-23(26(3)17-22-10-15-29-19-22)25-16-20-6-8-21(9-7-20)18-28-13-11-27(5-2)12-14-28;/h6-9,22H,4-5,10-19H2,1-3H3,(H,24,25);1H. The summed E-state index contributed by atoms with van der Waals surface area (Å²) in [7, 11) is 2.13. The molecule has 6 nitrogen and oxygen atoms in total. The highest BCUT2D eigenvalue weighted by atomic mass is 127. The van der Waals surface area contributed by atoms with Gasteiger partial charge in [-0.15, -0.1) is 24.0 Å². The van der Waals surface area contributed by atoms with Gasteiger partial charge in [0.05, 0.1) is 13.2 Å². The van der Waals surface area contributed by atoms with Crippen LogP contribution in [0.5, 0.6) is 0 Å². The number of hydrogen-bond donors (Lipinski definition) is 1. The second-order valence-corrected chi connectivity index (χ2v) is 8.31. The highest BCUT2D eigenvalue weighted by Crippen LogP contribution is 2.14. The van der Waals surface area contributed by atoms with E-state index in [2.05, 4.69) is 65.2 Å². The van der Waals surface area contributed by atoms with Crippen LogP contribution in [0.1, 0.15) is 31.4 Å². The van der Waals surface area contributed by atoms with Crippen molar-refractivity contribution in [1.82, 2.24) is 20.0 Å². The molecule has 1 aromatic carbocycles. The molecule has 0 aromatic heterocycles. The van der Waals surface area contributed by atoms with Gasteiger partial charge >= 0.3 is 0 Å². The summed E-state index contributed by atoms with van der Waals surface area (Å²) in [5, 5.41) is 3.42. The number of likely N-dealkylation sites (N-methyl/N-ethyl adjacent to an activating group) is 1. The predicted octanol–water partition coefficient (Wildman–Crippen LogP) is 2.88. The molecule has 0 spiro atoms. The number of hydrogen-bond acceptors (Lipinski definition) is 4. The van der Waals surface area contributed by atoms with Crippen LogP contribution in [0, 0.1) is 5.92 Å². The minimum atomic E-state index is 0. The molecule has 2 heterocycles. The van der Waals surface area contributed by atoms with Crippen LogP contribution in [0.15, 0.2) is 29.3 Å². The molecule has 0 saturated carbocycles. The third-order valence-electron chi connectivity index (χ3n) is 6.01. The van der Waals surface area contributed by atoms with Crippen LogP contribution in [0.3, 0.4) is 0 Å². The van der Waals surface area contributed by atoms with Crippen molar-refractivity contribution in [3.05, 3.63) is 35.4 Å². The molecule has 30 heavy (non-hydrogen) atoms. The lowest BCUT2D eigenvalue weighted by Crippen LogP contribution is -2.45. The summed E-state index contributed by atoms with van der Waals surface area (Å²) in [6.45, 7) is 15.7. The van der Waals surface area contributed by atoms with Gasteiger partial charge in [-0.3, -0.25) is 4.90 Å². The Morgan fingerprint density at radius 1 is 1.10 bits per heavy atom. The minimum Gasteiger partial charge on any atom is -0.381 e. The van der Waals surface area contributed by atoms with Gasteiger partial charge in [0, 0.05) is 65.4 Å². The van der Waals surface area contributed by atoms with E-state index >= 15 is 0 Å². The first-order chi connectivity index (χ1) is 14.2. The molecule has 0 aliphatic carbocycles. The quantitative estimate of drug-likeness (QED) is 0.319. The van der Waals surface area contributed by atoms with E-state index in [1.54, 1.807) is 0 Å². The summed E-state index contributed by atoms with van der Waals surface area (Å²) < 4.78 is 5.51. The van der Waals surface area contributed by atoms with Gasteiger partial charge in [-0.1, -0.05) is 31.2 Å². The van der Waals surface area contributed by atoms with E-state index in [0.29, 0.717) is 12.5 Å². The Hall–Kier alpha value is -0.900. The lowest BCUT2D eigenvalue weighted by atomic mass is 10.1. The van der Waals surface area contributed by atoms with Gasteiger partial charge in [0.2, 0.25) is 0 Å². The first-order valence-electron chi connectivity index (χ1n) is 11.3. The Morgan fingerprint density at radius 3 is 2.37 bits per heavy atom. The lowest BCUT2D eigenvalue weighted by Gasteiger charge is -2.34. The SMILES string of the molecule is CCNC(=NCc1ccc(CN2CCN(CC)CC2)cc1)N(C)CC1CCOC1.I. The van der Waals surface area contributed by atoms with Crippen LogP contribution in [-0.2, 0) is 17.8 Å². The van der Waals surface area contributed by atoms with Crippen LogP contribution in [0.25, 0.3) is 0 Å². The van der Waals surface area contributed by atoms with E-state index in [1.165, 1.54) is 43.9 Å². The average Bonchev–Trinajstić information content (AvgIpc) is 3.25. The van der Waals surface area contributed by atoms with E-state index in [9.17, 15) is 0 Å². The molecule has 0 amide bonds. The number of nitrogens with one attached hydrogen (secondary N) is 1. The Morgan fingerprint density at radius 2 is 1.77 bits per heavy atom. The van der Waals surface area contributed by atoms with Crippen LogP contribution < -0.4 is 5.32 Å². The molecular weight excluding hydrogens is 489 g/mol. The number of nitrogens with zero attached hydrogens (tertiary/aromatic N) is 4. The van der Waals surface area contributed by atoms with Crippen LogP contribution in [0.2, 0.25) is 0 Å². The van der Waals surface area contributed by atoms with E-state index < -0.39 is 0 Å². The second-order valence-electron chi connectivity index (χ2n) is 8.31. The van der Waals surface area contributed by atoms with Gasteiger partial charge in [-0.25, -0.2) is 4.99 Å². The summed E-state index contributed by atoms with van der Waals surface area (Å²) in [5.74, 6) is 1.60. The molecule has 3 rings (SSSR count). The molecule has 2 aliphatic rings. The summed E-state index contributed by atoms with van der Waals surface area (Å²) in [5.41, 5.74) is 2.66. The Bertz CT molecular complexity index is 625. The zero-order chi connectivity index (χ0) is 20.5. The highest BCUT2D eigenvalue weighted by molar-refractivity contribution is 14.0. The zero-order valence-electron chi connectivity index (χ0n) is 19.0. The van der Waals surface area contributed by atoms with Crippen LogP contribution >= 0.6 is 24.0 Å². The number of rotatable bonds is 8. The Labute approximate surface area is 200 Å². The first kappa shape index (κ1) is 25.4. The number of halogens is 1. The number of aliphatic imine (C=N–C) groups is 1. The highest BCUT2D eigenvalue weighted by Gasteiger charge is 2.19. The molecule has 170 valence electrons. The molecule has 0 bridgehead atoms. The van der Waals surface area contributed by atoms with Crippen molar-refractivity contribution in [2.24, 2.45) is 10.9 Å². The maximum Gasteiger partial charge on any atom is 0.193 e. The van der Waals surface area contributed by atoms with E-state index in [0.717, 1.165) is 45.2 Å². The van der Waals surface area contributed by atoms with Crippen molar-refractivity contribution >= 4 is 29.9 Å². The second kappa shape index (κ2) is 13.5.